The number of halogens is 3. The van der Waals surface area contributed by atoms with E-state index in [1.807, 2.05) is 19.2 Å². The van der Waals surface area contributed by atoms with E-state index in [9.17, 15) is 4.39 Å². The number of hydrogen-bond acceptors (Lipinski definition) is 2. The second-order valence-corrected chi connectivity index (χ2v) is 6.24. The van der Waals surface area contributed by atoms with Crippen LogP contribution in [0.1, 0.15) is 17.2 Å². The maximum absolute atomic E-state index is 13.1. The van der Waals surface area contributed by atoms with Crippen LogP contribution in [0.2, 0.25) is 8.67 Å². The Bertz CT molecular complexity index is 542. The summed E-state index contributed by atoms with van der Waals surface area (Å²) in [5, 5.41) is 3.18. The van der Waals surface area contributed by atoms with Gasteiger partial charge in [0, 0.05) is 11.6 Å². The van der Waals surface area contributed by atoms with Gasteiger partial charge < -0.3 is 5.32 Å². The van der Waals surface area contributed by atoms with Crippen molar-refractivity contribution < 1.29 is 4.39 Å². The maximum atomic E-state index is 13.1. The predicted molar refractivity (Wildman–Crippen MR) is 76.2 cm³/mol. The third-order valence-corrected chi connectivity index (χ3v) is 4.25. The van der Waals surface area contributed by atoms with Crippen molar-refractivity contribution in [1.82, 2.24) is 5.32 Å². The summed E-state index contributed by atoms with van der Waals surface area (Å²) in [6.45, 7) is 0. The molecule has 0 aliphatic carbocycles. The van der Waals surface area contributed by atoms with Gasteiger partial charge in [-0.25, -0.2) is 4.39 Å². The van der Waals surface area contributed by atoms with E-state index in [0.717, 1.165) is 11.1 Å². The Morgan fingerprint density at radius 3 is 2.67 bits per heavy atom. The normalized spacial score (nSPS) is 12.7. The SMILES string of the molecule is CNC(Cc1cccc(F)c1)c1cc(Cl)sc1Cl. The fourth-order valence-electron chi connectivity index (χ4n) is 1.86. The van der Waals surface area contributed by atoms with Gasteiger partial charge in [-0.2, -0.15) is 0 Å². The molecule has 1 nitrogen and oxygen atoms in total. The van der Waals surface area contributed by atoms with Crippen molar-refractivity contribution in [3.05, 3.63) is 55.9 Å². The number of nitrogens with one attached hydrogen (secondary N) is 1. The van der Waals surface area contributed by atoms with Crippen molar-refractivity contribution in [3.63, 3.8) is 0 Å². The van der Waals surface area contributed by atoms with Crippen LogP contribution in [0.25, 0.3) is 0 Å². The summed E-state index contributed by atoms with van der Waals surface area (Å²) < 4.78 is 14.5. The Morgan fingerprint density at radius 2 is 2.11 bits per heavy atom. The zero-order valence-corrected chi connectivity index (χ0v) is 12.0. The molecule has 5 heteroatoms. The van der Waals surface area contributed by atoms with Gasteiger partial charge in [-0.05, 0) is 37.2 Å². The second kappa shape index (κ2) is 6.02. The Labute approximate surface area is 120 Å². The first-order valence-corrected chi connectivity index (χ1v) is 7.04. The first-order chi connectivity index (χ1) is 8.60. The molecule has 1 aromatic heterocycles. The van der Waals surface area contributed by atoms with E-state index < -0.39 is 0 Å². The molecular formula is C13H12Cl2FNS. The molecule has 18 heavy (non-hydrogen) atoms. The average Bonchev–Trinajstić information content (AvgIpc) is 2.65. The Morgan fingerprint density at radius 1 is 1.33 bits per heavy atom. The molecule has 1 unspecified atom stereocenters. The molecule has 0 aliphatic heterocycles. The van der Waals surface area contributed by atoms with Crippen LogP contribution in [0, 0.1) is 5.82 Å². The van der Waals surface area contributed by atoms with Crippen molar-refractivity contribution in [2.24, 2.45) is 0 Å². The number of hydrogen-bond donors (Lipinski definition) is 1. The molecular weight excluding hydrogens is 292 g/mol. The zero-order chi connectivity index (χ0) is 13.1. The Kier molecular flexibility index (Phi) is 4.62. The van der Waals surface area contributed by atoms with E-state index in [1.165, 1.54) is 23.5 Å². The quantitative estimate of drug-likeness (QED) is 0.863. The van der Waals surface area contributed by atoms with Gasteiger partial charge >= 0.3 is 0 Å². The molecule has 1 heterocycles. The standard InChI is InChI=1S/C13H12Cl2FNS/c1-17-11(10-7-12(14)18-13(10)15)6-8-3-2-4-9(16)5-8/h2-5,7,11,17H,6H2,1H3. The van der Waals surface area contributed by atoms with Gasteiger partial charge in [0.25, 0.3) is 0 Å². The molecule has 0 amide bonds. The lowest BCUT2D eigenvalue weighted by molar-refractivity contribution is 0.586. The summed E-state index contributed by atoms with van der Waals surface area (Å²) in [6.07, 6.45) is 0.668. The Balaban J connectivity index is 2.22. The molecule has 0 spiro atoms. The molecule has 1 aromatic carbocycles. The maximum Gasteiger partial charge on any atom is 0.123 e. The molecule has 0 radical (unpaired) electrons. The highest BCUT2D eigenvalue weighted by Crippen LogP contribution is 2.36. The minimum absolute atomic E-state index is 0.0306. The molecule has 0 fully saturated rings. The molecule has 1 atom stereocenters. The lowest BCUT2D eigenvalue weighted by Gasteiger charge is -2.15. The number of benzene rings is 1. The van der Waals surface area contributed by atoms with Gasteiger partial charge in [0.15, 0.2) is 0 Å². The number of thiophene rings is 1. The molecule has 2 rings (SSSR count). The van der Waals surface area contributed by atoms with Crippen molar-refractivity contribution >= 4 is 34.5 Å². The molecule has 2 aromatic rings. The minimum atomic E-state index is -0.225. The van der Waals surface area contributed by atoms with Crippen LogP contribution in [0.15, 0.2) is 30.3 Å². The minimum Gasteiger partial charge on any atom is -0.313 e. The number of likely N-dealkylation sites (N-methyl/N-ethyl adjacent to an activating group) is 1. The monoisotopic (exact) mass is 303 g/mol. The van der Waals surface area contributed by atoms with Crippen LogP contribution in [-0.2, 0) is 6.42 Å². The fraction of sp³-hybridized carbons (Fsp3) is 0.231. The van der Waals surface area contributed by atoms with E-state index in [4.69, 9.17) is 23.2 Å². The molecule has 0 saturated carbocycles. The lowest BCUT2D eigenvalue weighted by atomic mass is 10.0. The van der Waals surface area contributed by atoms with E-state index in [1.54, 1.807) is 6.07 Å². The van der Waals surface area contributed by atoms with Gasteiger partial charge in [0.1, 0.15) is 5.82 Å². The van der Waals surface area contributed by atoms with Gasteiger partial charge in [0.05, 0.1) is 8.67 Å². The summed E-state index contributed by atoms with van der Waals surface area (Å²) in [6, 6.07) is 8.46. The second-order valence-electron chi connectivity index (χ2n) is 3.95. The van der Waals surface area contributed by atoms with E-state index in [-0.39, 0.29) is 11.9 Å². The molecule has 1 N–H and O–H groups in total. The third kappa shape index (κ3) is 3.23. The topological polar surface area (TPSA) is 12.0 Å². The first kappa shape index (κ1) is 13.8. The van der Waals surface area contributed by atoms with E-state index in [0.29, 0.717) is 15.1 Å². The summed E-state index contributed by atoms with van der Waals surface area (Å²) in [7, 11) is 1.85. The zero-order valence-electron chi connectivity index (χ0n) is 9.71. The summed E-state index contributed by atoms with van der Waals surface area (Å²) in [4.78, 5) is 0. The molecule has 96 valence electrons. The number of rotatable bonds is 4. The van der Waals surface area contributed by atoms with Gasteiger partial charge in [0.2, 0.25) is 0 Å². The van der Waals surface area contributed by atoms with Crippen LogP contribution >= 0.6 is 34.5 Å². The molecule has 0 bridgehead atoms. The van der Waals surface area contributed by atoms with Crippen molar-refractivity contribution in [2.75, 3.05) is 7.05 Å². The average molecular weight is 304 g/mol. The van der Waals surface area contributed by atoms with Crippen LogP contribution < -0.4 is 5.32 Å². The lowest BCUT2D eigenvalue weighted by Crippen LogP contribution is -2.18. The Hall–Kier alpha value is -0.610. The third-order valence-electron chi connectivity index (χ3n) is 2.74. The molecule has 0 saturated heterocycles. The summed E-state index contributed by atoms with van der Waals surface area (Å²) >= 11 is 13.4. The van der Waals surface area contributed by atoms with Gasteiger partial charge in [-0.3, -0.25) is 0 Å². The van der Waals surface area contributed by atoms with Crippen LogP contribution in [0.5, 0.6) is 0 Å². The van der Waals surface area contributed by atoms with Crippen LogP contribution in [-0.4, -0.2) is 7.05 Å². The largest absolute Gasteiger partial charge is 0.313 e. The molecule has 0 aliphatic rings. The highest BCUT2D eigenvalue weighted by Gasteiger charge is 2.16. The van der Waals surface area contributed by atoms with Gasteiger partial charge in [-0.1, -0.05) is 35.3 Å². The highest BCUT2D eigenvalue weighted by molar-refractivity contribution is 7.20. The highest BCUT2D eigenvalue weighted by atomic mass is 35.5. The van der Waals surface area contributed by atoms with E-state index in [2.05, 4.69) is 5.32 Å². The van der Waals surface area contributed by atoms with Gasteiger partial charge in [-0.15, -0.1) is 11.3 Å². The van der Waals surface area contributed by atoms with Crippen LogP contribution in [0.4, 0.5) is 4.39 Å². The van der Waals surface area contributed by atoms with Crippen molar-refractivity contribution in [1.29, 1.82) is 0 Å². The predicted octanol–water partition coefficient (Wildman–Crippen LogP) is 4.70. The smallest absolute Gasteiger partial charge is 0.123 e. The van der Waals surface area contributed by atoms with E-state index >= 15 is 0 Å². The summed E-state index contributed by atoms with van der Waals surface area (Å²) in [5.74, 6) is -0.225. The van der Waals surface area contributed by atoms with Crippen molar-refractivity contribution in [2.45, 2.75) is 12.5 Å². The summed E-state index contributed by atoms with van der Waals surface area (Å²) in [5.41, 5.74) is 1.88. The fourth-order valence-corrected chi connectivity index (χ4v) is 3.44. The van der Waals surface area contributed by atoms with Crippen molar-refractivity contribution in [3.8, 4) is 0 Å². The first-order valence-electron chi connectivity index (χ1n) is 5.46. The van der Waals surface area contributed by atoms with Crippen LogP contribution in [0.3, 0.4) is 0 Å².